The number of thiophene rings is 1. The number of amides is 2. The molecule has 0 aliphatic heterocycles. The standard InChI is InChI=1S/C20H23N5O3S/c1-3-25(4-2)16-7-5-14(6-8-16)20(27)23-22-17(26)9-10-18-21-19(24-28-18)15-11-12-29-13-15/h5-8,11-13H,3-4,9-10H2,1-2H3,(H,22,26)(H,23,27). The lowest BCUT2D eigenvalue weighted by Gasteiger charge is -2.21. The molecule has 2 heterocycles. The summed E-state index contributed by atoms with van der Waals surface area (Å²) < 4.78 is 5.15. The summed E-state index contributed by atoms with van der Waals surface area (Å²) in [6, 6.07) is 9.16. The molecule has 0 spiro atoms. The topological polar surface area (TPSA) is 100 Å². The van der Waals surface area contributed by atoms with Gasteiger partial charge in [-0.15, -0.1) is 0 Å². The Bertz CT molecular complexity index is 933. The molecule has 0 aliphatic carbocycles. The number of nitrogens with zero attached hydrogens (tertiary/aromatic N) is 3. The predicted molar refractivity (Wildman–Crippen MR) is 112 cm³/mol. The van der Waals surface area contributed by atoms with Crippen LogP contribution < -0.4 is 15.8 Å². The highest BCUT2D eigenvalue weighted by Crippen LogP contribution is 2.19. The van der Waals surface area contributed by atoms with Crippen molar-refractivity contribution in [3.63, 3.8) is 0 Å². The molecule has 0 aliphatic rings. The zero-order chi connectivity index (χ0) is 20.6. The van der Waals surface area contributed by atoms with Gasteiger partial charge in [0.25, 0.3) is 5.91 Å². The fourth-order valence-electron chi connectivity index (χ4n) is 2.76. The number of benzene rings is 1. The summed E-state index contributed by atoms with van der Waals surface area (Å²) in [5.41, 5.74) is 7.24. The summed E-state index contributed by atoms with van der Waals surface area (Å²) in [6.07, 6.45) is 0.407. The summed E-state index contributed by atoms with van der Waals surface area (Å²) in [7, 11) is 0. The molecule has 8 nitrogen and oxygen atoms in total. The molecule has 2 N–H and O–H groups in total. The van der Waals surface area contributed by atoms with Crippen molar-refractivity contribution in [2.45, 2.75) is 26.7 Å². The lowest BCUT2D eigenvalue weighted by molar-refractivity contribution is -0.121. The molecule has 0 atom stereocenters. The number of carbonyl (C=O) groups is 2. The Kier molecular flexibility index (Phi) is 6.96. The average molecular weight is 414 g/mol. The van der Waals surface area contributed by atoms with Crippen molar-refractivity contribution in [3.05, 3.63) is 52.5 Å². The molecule has 1 aromatic carbocycles. The molecule has 0 unspecified atom stereocenters. The number of anilines is 1. The quantitative estimate of drug-likeness (QED) is 0.551. The maximum atomic E-state index is 12.2. The Morgan fingerprint density at radius 2 is 1.86 bits per heavy atom. The van der Waals surface area contributed by atoms with E-state index >= 15 is 0 Å². The maximum Gasteiger partial charge on any atom is 0.269 e. The highest BCUT2D eigenvalue weighted by atomic mass is 32.1. The van der Waals surface area contributed by atoms with E-state index < -0.39 is 0 Å². The van der Waals surface area contributed by atoms with Crippen LogP contribution in [0.25, 0.3) is 11.4 Å². The Morgan fingerprint density at radius 1 is 1.10 bits per heavy atom. The summed E-state index contributed by atoms with van der Waals surface area (Å²) in [5, 5.41) is 7.75. The summed E-state index contributed by atoms with van der Waals surface area (Å²) >= 11 is 1.55. The number of hydrogen-bond donors (Lipinski definition) is 2. The first-order valence-corrected chi connectivity index (χ1v) is 10.3. The van der Waals surface area contributed by atoms with E-state index in [-0.39, 0.29) is 24.7 Å². The fourth-order valence-corrected chi connectivity index (χ4v) is 3.39. The second-order valence-electron chi connectivity index (χ2n) is 6.25. The minimum atomic E-state index is -0.373. The van der Waals surface area contributed by atoms with E-state index in [0.717, 1.165) is 24.3 Å². The van der Waals surface area contributed by atoms with Crippen molar-refractivity contribution < 1.29 is 14.1 Å². The molecule has 2 amide bonds. The van der Waals surface area contributed by atoms with Gasteiger partial charge in [-0.2, -0.15) is 16.3 Å². The Hall–Kier alpha value is -3.20. The van der Waals surface area contributed by atoms with Gasteiger partial charge in [-0.25, -0.2) is 0 Å². The number of hydrogen-bond acceptors (Lipinski definition) is 7. The van der Waals surface area contributed by atoms with Crippen molar-refractivity contribution in [3.8, 4) is 11.4 Å². The summed E-state index contributed by atoms with van der Waals surface area (Å²) in [6.45, 7) is 5.95. The number of nitrogens with one attached hydrogen (secondary N) is 2. The van der Waals surface area contributed by atoms with Gasteiger partial charge in [-0.1, -0.05) is 5.16 Å². The van der Waals surface area contributed by atoms with Crippen molar-refractivity contribution in [1.82, 2.24) is 21.0 Å². The number of aryl methyl sites for hydroxylation is 1. The SMILES string of the molecule is CCN(CC)c1ccc(C(=O)NNC(=O)CCc2nc(-c3ccsc3)no2)cc1. The van der Waals surface area contributed by atoms with Crippen LogP contribution in [0.1, 0.15) is 36.5 Å². The number of aromatic nitrogens is 2. The van der Waals surface area contributed by atoms with Crippen LogP contribution in [0.3, 0.4) is 0 Å². The van der Waals surface area contributed by atoms with Crippen LogP contribution in [0.4, 0.5) is 5.69 Å². The maximum absolute atomic E-state index is 12.2. The Morgan fingerprint density at radius 3 is 2.52 bits per heavy atom. The van der Waals surface area contributed by atoms with E-state index in [0.29, 0.717) is 17.3 Å². The largest absolute Gasteiger partial charge is 0.372 e. The van der Waals surface area contributed by atoms with Crippen LogP contribution in [-0.2, 0) is 11.2 Å². The molecule has 152 valence electrons. The molecule has 0 saturated heterocycles. The molecular formula is C20H23N5O3S. The van der Waals surface area contributed by atoms with E-state index in [4.69, 9.17) is 4.52 Å². The molecular weight excluding hydrogens is 390 g/mol. The minimum Gasteiger partial charge on any atom is -0.372 e. The van der Waals surface area contributed by atoms with Crippen LogP contribution in [0.5, 0.6) is 0 Å². The zero-order valence-electron chi connectivity index (χ0n) is 16.3. The first-order valence-electron chi connectivity index (χ1n) is 9.40. The highest BCUT2D eigenvalue weighted by Gasteiger charge is 2.12. The molecule has 0 fully saturated rings. The van der Waals surface area contributed by atoms with Crippen molar-refractivity contribution in [1.29, 1.82) is 0 Å². The van der Waals surface area contributed by atoms with E-state index in [9.17, 15) is 9.59 Å². The van der Waals surface area contributed by atoms with Gasteiger partial charge in [0.2, 0.25) is 17.6 Å². The fraction of sp³-hybridized carbons (Fsp3) is 0.300. The Balaban J connectivity index is 1.45. The van der Waals surface area contributed by atoms with Gasteiger partial charge >= 0.3 is 0 Å². The molecule has 3 rings (SSSR count). The third-order valence-corrected chi connectivity index (χ3v) is 5.07. The Labute approximate surface area is 172 Å². The van der Waals surface area contributed by atoms with Crippen molar-refractivity contribution >= 4 is 28.8 Å². The lowest BCUT2D eigenvalue weighted by Crippen LogP contribution is -2.41. The average Bonchev–Trinajstić information content (AvgIpc) is 3.43. The van der Waals surface area contributed by atoms with Crippen LogP contribution in [-0.4, -0.2) is 35.0 Å². The normalized spacial score (nSPS) is 10.6. The molecule has 3 aromatic rings. The van der Waals surface area contributed by atoms with Gasteiger partial charge in [0.15, 0.2) is 0 Å². The van der Waals surface area contributed by atoms with Crippen molar-refractivity contribution in [2.75, 3.05) is 18.0 Å². The van der Waals surface area contributed by atoms with Gasteiger partial charge < -0.3 is 9.42 Å². The molecule has 0 bridgehead atoms. The van der Waals surface area contributed by atoms with Gasteiger partial charge in [-0.3, -0.25) is 20.4 Å². The van der Waals surface area contributed by atoms with Crippen LogP contribution in [0.15, 0.2) is 45.6 Å². The molecule has 29 heavy (non-hydrogen) atoms. The lowest BCUT2D eigenvalue weighted by atomic mass is 10.2. The van der Waals surface area contributed by atoms with Gasteiger partial charge in [-0.05, 0) is 49.6 Å². The second kappa shape index (κ2) is 9.83. The molecule has 0 radical (unpaired) electrons. The second-order valence-corrected chi connectivity index (χ2v) is 7.03. The summed E-state index contributed by atoms with van der Waals surface area (Å²) in [4.78, 5) is 30.6. The molecule has 9 heteroatoms. The van der Waals surface area contributed by atoms with E-state index in [2.05, 4.69) is 39.7 Å². The minimum absolute atomic E-state index is 0.118. The number of rotatable bonds is 8. The zero-order valence-corrected chi connectivity index (χ0v) is 17.2. The number of carbonyl (C=O) groups excluding carboxylic acids is 2. The predicted octanol–water partition coefficient (Wildman–Crippen LogP) is 3.04. The third-order valence-electron chi connectivity index (χ3n) is 4.39. The van der Waals surface area contributed by atoms with Crippen molar-refractivity contribution in [2.24, 2.45) is 0 Å². The molecule has 0 saturated carbocycles. The van der Waals surface area contributed by atoms with Gasteiger partial charge in [0.05, 0.1) is 0 Å². The first kappa shape index (κ1) is 20.5. The third kappa shape index (κ3) is 5.41. The highest BCUT2D eigenvalue weighted by molar-refractivity contribution is 7.08. The smallest absolute Gasteiger partial charge is 0.269 e. The molecule has 2 aromatic heterocycles. The van der Waals surface area contributed by atoms with Crippen LogP contribution >= 0.6 is 11.3 Å². The first-order chi connectivity index (χ1) is 14.1. The van der Waals surface area contributed by atoms with E-state index in [1.165, 1.54) is 0 Å². The van der Waals surface area contributed by atoms with Gasteiger partial charge in [0, 0.05) is 48.1 Å². The van der Waals surface area contributed by atoms with E-state index in [1.54, 1.807) is 23.5 Å². The monoisotopic (exact) mass is 413 g/mol. The number of hydrazine groups is 1. The summed E-state index contributed by atoms with van der Waals surface area (Å²) in [5.74, 6) is 0.165. The van der Waals surface area contributed by atoms with E-state index in [1.807, 2.05) is 29.0 Å². The van der Waals surface area contributed by atoms with Crippen LogP contribution in [0, 0.1) is 0 Å². The van der Waals surface area contributed by atoms with Crippen LogP contribution in [0.2, 0.25) is 0 Å². The van der Waals surface area contributed by atoms with Gasteiger partial charge in [0.1, 0.15) is 0 Å².